The Kier molecular flexibility index (Phi) is 1150. The van der Waals surface area contributed by atoms with Crippen LogP contribution in [0.3, 0.4) is 0 Å². The minimum absolute atomic E-state index is 0. The van der Waals surface area contributed by atoms with Crippen LogP contribution >= 0.6 is 0 Å². The topological polar surface area (TPSA) is 0 Å². The molecular weight excluding hydrogens is 176 g/mol. The molecule has 0 radical (unpaired) electrons. The van der Waals surface area contributed by atoms with E-state index in [0.29, 0.717) is 0 Å². The third kappa shape index (κ3) is 408. The first-order valence-electron chi connectivity index (χ1n) is 0.732. The van der Waals surface area contributed by atoms with Gasteiger partial charge in [0.15, 0.2) is 0 Å². The van der Waals surface area contributed by atoms with Crippen molar-refractivity contribution >= 4 is 0 Å². The van der Waals surface area contributed by atoms with E-state index in [1.807, 2.05) is 0 Å². The molecule has 0 fully saturated rings. The summed E-state index contributed by atoms with van der Waals surface area (Å²) in [6.07, 6.45) is -1.83. The van der Waals surface area contributed by atoms with Gasteiger partial charge in [0.1, 0.15) is 0 Å². The molecule has 72 valence electrons. The second-order valence-corrected chi connectivity index (χ2v) is 0.339. The van der Waals surface area contributed by atoms with Gasteiger partial charge < -0.3 is 0 Å². The number of rotatable bonds is 0. The van der Waals surface area contributed by atoms with Crippen molar-refractivity contribution in [2.45, 2.75) is 0 Å². The highest BCUT2D eigenvalue weighted by Gasteiger charge is 1.65. The zero-order valence-electron chi connectivity index (χ0n) is 4.41. The lowest BCUT2D eigenvalue weighted by Gasteiger charge is -1.54. The van der Waals surface area contributed by atoms with Crippen LogP contribution in [0.4, 0.5) is 37.0 Å². The van der Waals surface area contributed by atoms with Crippen molar-refractivity contribution < 1.29 is 37.0 Å². The molecule has 0 saturated heterocycles. The first-order valence-corrected chi connectivity index (χ1v) is 0.732. The van der Waals surface area contributed by atoms with Crippen LogP contribution in [-0.4, -0.2) is 0 Å². The zero-order valence-corrected chi connectivity index (χ0v) is 4.41. The summed E-state index contributed by atoms with van der Waals surface area (Å²) < 4.78 is 20.3. The van der Waals surface area contributed by atoms with E-state index in [9.17, 15) is 8.78 Å². The Hall–Kier alpha value is -0.820. The van der Waals surface area contributed by atoms with E-state index >= 15 is 0 Å². The van der Waals surface area contributed by atoms with Crippen molar-refractivity contribution in [1.29, 1.82) is 0 Å². The average Bonchev–Trinajstić information content (AvgIpc) is 0.811. The van der Waals surface area contributed by atoms with Crippen LogP contribution < -0.4 is 0 Å². The molecule has 8 heteroatoms. The monoisotopic (exact) mass is 184 g/mol. The van der Waals surface area contributed by atoms with Gasteiger partial charge in [-0.2, -0.15) is 8.78 Å². The van der Waals surface area contributed by atoms with Gasteiger partial charge in [-0.3, -0.25) is 28.2 Å². The molecule has 0 aromatic heterocycles. The van der Waals surface area contributed by atoms with Gasteiger partial charge >= 0.3 is 0 Å². The van der Waals surface area contributed by atoms with E-state index in [1.165, 1.54) is 0 Å². The van der Waals surface area contributed by atoms with Crippen LogP contribution in [0.1, 0.15) is 0 Å². The van der Waals surface area contributed by atoms with Crippen molar-refractivity contribution in [3.05, 3.63) is 12.7 Å². The molecule has 10 heavy (non-hydrogen) atoms. The van der Waals surface area contributed by atoms with E-state index in [-0.39, 0.29) is 28.2 Å². The van der Waals surface area contributed by atoms with E-state index in [1.54, 1.807) is 0 Å². The molecule has 0 atom stereocenters. The molecule has 0 unspecified atom stereocenters. The van der Waals surface area contributed by atoms with Gasteiger partial charge in [0, 0.05) is 0 Å². The second-order valence-electron chi connectivity index (χ2n) is 0.339. The summed E-state index contributed by atoms with van der Waals surface area (Å²) in [4.78, 5) is 0. The quantitative estimate of drug-likeness (QED) is 0.506. The van der Waals surface area contributed by atoms with Crippen LogP contribution in [-0.2, 0) is 0 Å². The molecule has 0 aliphatic heterocycles. The summed E-state index contributed by atoms with van der Waals surface area (Å²) in [6, 6.07) is 0. The predicted octanol–water partition coefficient (Wildman–Crippen LogP) is 2.31. The number of halogens is 8. The lowest BCUT2D eigenvalue weighted by atomic mass is 11.2. The second kappa shape index (κ2) is 88.7. The van der Waals surface area contributed by atoms with Crippen LogP contribution in [0.5, 0.6) is 0 Å². The van der Waals surface area contributed by atoms with Crippen LogP contribution in [0.15, 0.2) is 12.7 Å². The summed E-state index contributed by atoms with van der Waals surface area (Å²) in [5, 5.41) is 0. The Morgan fingerprint density at radius 1 is 0.700 bits per heavy atom. The van der Waals surface area contributed by atoms with E-state index in [4.69, 9.17) is 0 Å². The van der Waals surface area contributed by atoms with Crippen molar-refractivity contribution in [2.24, 2.45) is 0 Å². The third-order valence-electron chi connectivity index (χ3n) is 0. The Bertz CT molecular complexity index is 30.2. The van der Waals surface area contributed by atoms with Crippen LogP contribution in [0, 0.1) is 0 Å². The largest absolute Gasteiger partial charge is 0.269 e. The fourth-order valence-electron chi connectivity index (χ4n) is 0. The summed E-state index contributed by atoms with van der Waals surface area (Å²) >= 11 is 0. The minimum Gasteiger partial charge on any atom is -0.269 e. The lowest BCUT2D eigenvalue weighted by molar-refractivity contribution is 0.426. The molecule has 0 N–H and O–H groups in total. The molecule has 0 bridgehead atoms. The van der Waals surface area contributed by atoms with Crippen LogP contribution in [0.25, 0.3) is 0 Å². The fourth-order valence-corrected chi connectivity index (χ4v) is 0. The number of hydrogen-bond donors (Lipinski definition) is 0. The maximum atomic E-state index is 10.1. The molecule has 0 amide bonds. The Balaban J connectivity index is -0.00000000300. The molecule has 0 nitrogen and oxygen atoms in total. The van der Waals surface area contributed by atoms with Gasteiger partial charge in [-0.15, -0.1) is 0 Å². The van der Waals surface area contributed by atoms with Gasteiger partial charge in [0.05, 0.1) is 0 Å². The first-order chi connectivity index (χ1) is 1.73. The summed E-state index contributed by atoms with van der Waals surface area (Å²) in [5.74, 6) is 0. The molecule has 0 saturated carbocycles. The Morgan fingerprint density at radius 2 is 0.700 bits per heavy atom. The standard InChI is InChI=1S/C2H2F2.6FH/c1-2(3)4;;;;;;/h1H2;6*1H. The maximum absolute atomic E-state index is 10.1. The highest BCUT2D eigenvalue weighted by Crippen LogP contribution is 1.85. The third-order valence-corrected chi connectivity index (χ3v) is 0. The van der Waals surface area contributed by atoms with Crippen molar-refractivity contribution in [2.75, 3.05) is 0 Å². The van der Waals surface area contributed by atoms with Gasteiger partial charge in [-0.1, -0.05) is 0 Å². The van der Waals surface area contributed by atoms with E-state index in [2.05, 4.69) is 6.58 Å². The molecular formula is C2H8F8. The summed E-state index contributed by atoms with van der Waals surface area (Å²) in [6.45, 7) is 2.22. The summed E-state index contributed by atoms with van der Waals surface area (Å²) in [7, 11) is 0. The van der Waals surface area contributed by atoms with Gasteiger partial charge in [0.2, 0.25) is 0 Å². The molecule has 0 aromatic rings. The molecule has 0 heterocycles. The lowest BCUT2D eigenvalue weighted by Crippen LogP contribution is -1.33. The van der Waals surface area contributed by atoms with Gasteiger partial charge in [-0.25, -0.2) is 0 Å². The van der Waals surface area contributed by atoms with Gasteiger partial charge in [0.25, 0.3) is 6.08 Å². The zero-order chi connectivity index (χ0) is 3.58. The summed E-state index contributed by atoms with van der Waals surface area (Å²) in [5.41, 5.74) is 0. The highest BCUT2D eigenvalue weighted by molar-refractivity contribution is 4.57. The first kappa shape index (κ1) is 129. The Morgan fingerprint density at radius 3 is 0.700 bits per heavy atom. The normalized spacial score (nSPS) is 2.60. The van der Waals surface area contributed by atoms with Crippen molar-refractivity contribution in [3.63, 3.8) is 0 Å². The van der Waals surface area contributed by atoms with Gasteiger partial charge in [-0.05, 0) is 6.58 Å². The van der Waals surface area contributed by atoms with Crippen molar-refractivity contribution in [3.8, 4) is 0 Å². The molecule has 0 spiro atoms. The average molecular weight is 184 g/mol. The predicted molar refractivity (Wildman–Crippen MR) is 26.4 cm³/mol. The highest BCUT2D eigenvalue weighted by atomic mass is 19.3. The molecule has 0 aromatic carbocycles. The minimum atomic E-state index is -1.83. The van der Waals surface area contributed by atoms with E-state index in [0.717, 1.165) is 0 Å². The smallest absolute Gasteiger partial charge is 0.263 e. The molecule has 0 rings (SSSR count). The van der Waals surface area contributed by atoms with E-state index < -0.39 is 6.08 Å². The van der Waals surface area contributed by atoms with Crippen molar-refractivity contribution in [1.82, 2.24) is 0 Å². The molecule has 0 aliphatic carbocycles. The molecule has 0 aliphatic rings. The SMILES string of the molecule is C=C(F)F.F.F.F.F.F.F. The fraction of sp³-hybridized carbons (Fsp3) is 0. The maximum Gasteiger partial charge on any atom is 0.263 e. The van der Waals surface area contributed by atoms with Crippen LogP contribution in [0.2, 0.25) is 0 Å². The Labute approximate surface area is 51.1 Å². The number of hydrogen-bond acceptors (Lipinski definition) is 0.